The fraction of sp³-hybridized carbons (Fsp3) is 1.00. The monoisotopic (exact) mass is 136 g/mol. The summed E-state index contributed by atoms with van der Waals surface area (Å²) in [5, 5.41) is 9.19. The SMILES string of the molecule is CCCC(C)(O)CCl. The number of alkyl halides is 1. The highest BCUT2D eigenvalue weighted by atomic mass is 35.5. The Morgan fingerprint density at radius 3 is 2.25 bits per heavy atom. The minimum absolute atomic E-state index is 0.334. The van der Waals surface area contributed by atoms with Gasteiger partial charge in [0, 0.05) is 0 Å². The summed E-state index contributed by atoms with van der Waals surface area (Å²) in [6.07, 6.45) is 1.77. The van der Waals surface area contributed by atoms with Crippen LogP contribution < -0.4 is 0 Å². The predicted molar refractivity (Wildman–Crippen MR) is 36.3 cm³/mol. The van der Waals surface area contributed by atoms with E-state index >= 15 is 0 Å². The fourth-order valence-electron chi connectivity index (χ4n) is 0.605. The Kier molecular flexibility index (Phi) is 3.41. The van der Waals surface area contributed by atoms with Gasteiger partial charge in [-0.15, -0.1) is 11.6 Å². The molecule has 0 rings (SSSR count). The second-order valence-corrected chi connectivity index (χ2v) is 2.65. The van der Waals surface area contributed by atoms with Gasteiger partial charge in [0.15, 0.2) is 0 Å². The van der Waals surface area contributed by atoms with Crippen molar-refractivity contribution in [3.05, 3.63) is 0 Å². The molecule has 0 spiro atoms. The fourth-order valence-corrected chi connectivity index (χ4v) is 0.739. The maximum Gasteiger partial charge on any atom is 0.0754 e. The van der Waals surface area contributed by atoms with Crippen molar-refractivity contribution >= 4 is 11.6 Å². The second kappa shape index (κ2) is 3.31. The summed E-state index contributed by atoms with van der Waals surface area (Å²) in [7, 11) is 0. The average molecular weight is 137 g/mol. The molecule has 0 heterocycles. The molecular weight excluding hydrogens is 124 g/mol. The first-order valence-corrected chi connectivity index (χ1v) is 3.44. The van der Waals surface area contributed by atoms with Crippen LogP contribution in [0.3, 0.4) is 0 Å². The van der Waals surface area contributed by atoms with Crippen LogP contribution in [0.4, 0.5) is 0 Å². The Hall–Kier alpha value is 0.250. The Morgan fingerprint density at radius 1 is 1.62 bits per heavy atom. The van der Waals surface area contributed by atoms with E-state index < -0.39 is 5.60 Å². The third kappa shape index (κ3) is 3.28. The van der Waals surface area contributed by atoms with Crippen molar-refractivity contribution in [2.75, 3.05) is 5.88 Å². The number of hydrogen-bond donors (Lipinski definition) is 1. The summed E-state index contributed by atoms with van der Waals surface area (Å²) in [6.45, 7) is 3.78. The molecular formula is C6H13ClO. The van der Waals surface area contributed by atoms with Gasteiger partial charge in [-0.1, -0.05) is 13.3 Å². The minimum atomic E-state index is -0.643. The third-order valence-corrected chi connectivity index (χ3v) is 1.65. The number of hydrogen-bond acceptors (Lipinski definition) is 1. The molecule has 0 aliphatic rings. The molecule has 0 bridgehead atoms. The molecule has 0 aromatic rings. The van der Waals surface area contributed by atoms with Crippen molar-refractivity contribution in [1.29, 1.82) is 0 Å². The first-order chi connectivity index (χ1) is 3.62. The standard InChI is InChI=1S/C6H13ClO/c1-3-4-6(2,8)5-7/h8H,3-5H2,1-2H3. The highest BCUT2D eigenvalue weighted by Gasteiger charge is 2.15. The van der Waals surface area contributed by atoms with Crippen molar-refractivity contribution in [1.82, 2.24) is 0 Å². The molecule has 0 amide bonds. The molecule has 50 valence electrons. The largest absolute Gasteiger partial charge is 0.389 e. The third-order valence-electron chi connectivity index (χ3n) is 1.08. The zero-order valence-electron chi connectivity index (χ0n) is 5.45. The van der Waals surface area contributed by atoms with Crippen LogP contribution in [0.2, 0.25) is 0 Å². The van der Waals surface area contributed by atoms with Gasteiger partial charge in [-0.3, -0.25) is 0 Å². The van der Waals surface area contributed by atoms with Gasteiger partial charge in [-0.05, 0) is 13.3 Å². The average Bonchev–Trinajstić information content (AvgIpc) is 1.67. The van der Waals surface area contributed by atoms with Crippen LogP contribution in [0.15, 0.2) is 0 Å². The predicted octanol–water partition coefficient (Wildman–Crippen LogP) is 1.78. The van der Waals surface area contributed by atoms with E-state index in [0.29, 0.717) is 5.88 Å². The Morgan fingerprint density at radius 2 is 2.12 bits per heavy atom. The van der Waals surface area contributed by atoms with E-state index in [9.17, 15) is 5.11 Å². The van der Waals surface area contributed by atoms with E-state index in [1.54, 1.807) is 6.92 Å². The van der Waals surface area contributed by atoms with Crippen LogP contribution in [-0.4, -0.2) is 16.6 Å². The Labute approximate surface area is 55.7 Å². The molecule has 0 fully saturated rings. The van der Waals surface area contributed by atoms with Gasteiger partial charge in [-0.25, -0.2) is 0 Å². The van der Waals surface area contributed by atoms with Crippen LogP contribution in [0.1, 0.15) is 26.7 Å². The number of halogens is 1. The van der Waals surface area contributed by atoms with Crippen LogP contribution in [0.5, 0.6) is 0 Å². The van der Waals surface area contributed by atoms with Gasteiger partial charge in [0.2, 0.25) is 0 Å². The van der Waals surface area contributed by atoms with Gasteiger partial charge < -0.3 is 5.11 Å². The lowest BCUT2D eigenvalue weighted by molar-refractivity contribution is 0.0739. The molecule has 0 radical (unpaired) electrons. The first kappa shape index (κ1) is 8.25. The Bertz CT molecular complexity index is 61.5. The van der Waals surface area contributed by atoms with Gasteiger partial charge in [0.25, 0.3) is 0 Å². The maximum absolute atomic E-state index is 9.19. The van der Waals surface area contributed by atoms with Crippen LogP contribution >= 0.6 is 11.6 Å². The van der Waals surface area contributed by atoms with Crippen molar-refractivity contribution in [2.45, 2.75) is 32.3 Å². The van der Waals surface area contributed by atoms with Crippen LogP contribution in [0, 0.1) is 0 Å². The molecule has 0 aromatic heterocycles. The minimum Gasteiger partial charge on any atom is -0.389 e. The summed E-state index contributed by atoms with van der Waals surface area (Å²) < 4.78 is 0. The van der Waals surface area contributed by atoms with E-state index in [2.05, 4.69) is 0 Å². The first-order valence-electron chi connectivity index (χ1n) is 2.91. The molecule has 1 N–H and O–H groups in total. The van der Waals surface area contributed by atoms with E-state index in [4.69, 9.17) is 11.6 Å². The summed E-state index contributed by atoms with van der Waals surface area (Å²) in [6, 6.07) is 0. The number of aliphatic hydroxyl groups is 1. The lowest BCUT2D eigenvalue weighted by Crippen LogP contribution is -2.25. The molecule has 1 unspecified atom stereocenters. The summed E-state index contributed by atoms with van der Waals surface area (Å²) in [5.41, 5.74) is -0.643. The lowest BCUT2D eigenvalue weighted by Gasteiger charge is -2.17. The molecule has 0 aliphatic carbocycles. The van der Waals surface area contributed by atoms with Gasteiger partial charge in [-0.2, -0.15) is 0 Å². The quantitative estimate of drug-likeness (QED) is 0.587. The highest BCUT2D eigenvalue weighted by molar-refractivity contribution is 6.18. The van der Waals surface area contributed by atoms with Crippen molar-refractivity contribution in [3.63, 3.8) is 0 Å². The maximum atomic E-state index is 9.19. The van der Waals surface area contributed by atoms with Crippen LogP contribution in [-0.2, 0) is 0 Å². The van der Waals surface area contributed by atoms with E-state index in [0.717, 1.165) is 12.8 Å². The molecule has 2 heteroatoms. The van der Waals surface area contributed by atoms with Crippen molar-refractivity contribution in [3.8, 4) is 0 Å². The lowest BCUT2D eigenvalue weighted by atomic mass is 10.0. The van der Waals surface area contributed by atoms with Gasteiger partial charge >= 0.3 is 0 Å². The molecule has 0 saturated carbocycles. The molecule has 1 nitrogen and oxygen atoms in total. The number of rotatable bonds is 3. The van der Waals surface area contributed by atoms with Gasteiger partial charge in [0.05, 0.1) is 11.5 Å². The van der Waals surface area contributed by atoms with Gasteiger partial charge in [0.1, 0.15) is 0 Å². The van der Waals surface area contributed by atoms with Crippen molar-refractivity contribution in [2.24, 2.45) is 0 Å². The summed E-state index contributed by atoms with van der Waals surface area (Å²) in [4.78, 5) is 0. The van der Waals surface area contributed by atoms with E-state index in [1.807, 2.05) is 6.92 Å². The Balaban J connectivity index is 3.37. The second-order valence-electron chi connectivity index (χ2n) is 2.38. The zero-order chi connectivity index (χ0) is 6.62. The molecule has 0 saturated heterocycles. The van der Waals surface area contributed by atoms with Crippen molar-refractivity contribution < 1.29 is 5.11 Å². The molecule has 0 aromatic carbocycles. The highest BCUT2D eigenvalue weighted by Crippen LogP contribution is 2.12. The summed E-state index contributed by atoms with van der Waals surface area (Å²) >= 11 is 5.42. The topological polar surface area (TPSA) is 20.2 Å². The normalized spacial score (nSPS) is 18.0. The summed E-state index contributed by atoms with van der Waals surface area (Å²) in [5.74, 6) is 0.334. The zero-order valence-corrected chi connectivity index (χ0v) is 6.20. The van der Waals surface area contributed by atoms with Crippen LogP contribution in [0.25, 0.3) is 0 Å². The van der Waals surface area contributed by atoms with E-state index in [1.165, 1.54) is 0 Å². The molecule has 1 atom stereocenters. The molecule has 8 heavy (non-hydrogen) atoms. The smallest absolute Gasteiger partial charge is 0.0754 e. The van der Waals surface area contributed by atoms with E-state index in [-0.39, 0.29) is 0 Å². The molecule has 0 aliphatic heterocycles.